The summed E-state index contributed by atoms with van der Waals surface area (Å²) in [6.07, 6.45) is 0. The number of benzene rings is 1. The van der Waals surface area contributed by atoms with E-state index >= 15 is 0 Å². The van der Waals surface area contributed by atoms with E-state index in [1.807, 2.05) is 18.2 Å². The highest BCUT2D eigenvalue weighted by Crippen LogP contribution is 2.29. The van der Waals surface area contributed by atoms with Gasteiger partial charge in [0.1, 0.15) is 0 Å². The lowest BCUT2D eigenvalue weighted by atomic mass is 10.3. The first kappa shape index (κ1) is 6.82. The van der Waals surface area contributed by atoms with Gasteiger partial charge in [0.15, 0.2) is 0 Å². The van der Waals surface area contributed by atoms with Crippen molar-refractivity contribution in [3.8, 4) is 0 Å². The van der Waals surface area contributed by atoms with Crippen molar-refractivity contribution in [3.05, 3.63) is 18.2 Å². The molecule has 0 saturated carbocycles. The van der Waals surface area contributed by atoms with Gasteiger partial charge < -0.3 is 15.2 Å². The second-order valence-electron chi connectivity index (χ2n) is 2.33. The predicted molar refractivity (Wildman–Crippen MR) is 47.0 cm³/mol. The summed E-state index contributed by atoms with van der Waals surface area (Å²) in [5.74, 6) is 0. The Morgan fingerprint density at radius 2 is 2.09 bits per heavy atom. The van der Waals surface area contributed by atoms with Crippen molar-refractivity contribution in [2.24, 2.45) is 0 Å². The first-order valence-corrected chi connectivity index (χ1v) is 4.11. The van der Waals surface area contributed by atoms with Crippen molar-refractivity contribution in [3.63, 3.8) is 0 Å². The summed E-state index contributed by atoms with van der Waals surface area (Å²) in [4.78, 5) is 0.861. The molecule has 0 bridgehead atoms. The van der Waals surface area contributed by atoms with E-state index in [0.717, 1.165) is 35.0 Å². The normalized spacial score (nSPS) is 13.5. The number of hydrogen-bond donors (Lipinski definition) is 3. The average molecular weight is 168 g/mol. The fourth-order valence-electron chi connectivity index (χ4n) is 1.12. The van der Waals surface area contributed by atoms with Crippen molar-refractivity contribution >= 4 is 23.4 Å². The molecule has 0 aliphatic carbocycles. The van der Waals surface area contributed by atoms with Crippen molar-refractivity contribution in [2.45, 2.75) is 4.90 Å². The molecule has 0 saturated heterocycles. The number of anilines is 2. The van der Waals surface area contributed by atoms with Gasteiger partial charge >= 0.3 is 0 Å². The van der Waals surface area contributed by atoms with Gasteiger partial charge in [-0.2, -0.15) is 0 Å². The lowest BCUT2D eigenvalue weighted by Crippen LogP contribution is -1.98. The highest BCUT2D eigenvalue weighted by atomic mass is 32.2. The molecule has 58 valence electrons. The van der Waals surface area contributed by atoms with Gasteiger partial charge in [0.05, 0.1) is 18.0 Å². The van der Waals surface area contributed by atoms with E-state index in [1.165, 1.54) is 0 Å². The van der Waals surface area contributed by atoms with Crippen LogP contribution < -0.4 is 10.6 Å². The van der Waals surface area contributed by atoms with Crippen LogP contribution in [0.2, 0.25) is 0 Å². The van der Waals surface area contributed by atoms with Crippen molar-refractivity contribution in [1.29, 1.82) is 0 Å². The second-order valence-corrected chi connectivity index (χ2v) is 2.98. The van der Waals surface area contributed by atoms with Gasteiger partial charge in [-0.15, -0.1) is 0 Å². The smallest absolute Gasteiger partial charge is 0.0850 e. The topological polar surface area (TPSA) is 44.3 Å². The summed E-state index contributed by atoms with van der Waals surface area (Å²) < 4.78 is 8.74. The minimum atomic E-state index is 0.767. The van der Waals surface area contributed by atoms with Crippen LogP contribution >= 0.6 is 12.0 Å². The van der Waals surface area contributed by atoms with E-state index in [2.05, 4.69) is 10.6 Å². The van der Waals surface area contributed by atoms with Crippen LogP contribution in [0.5, 0.6) is 0 Å². The van der Waals surface area contributed by atoms with Crippen LogP contribution in [0.3, 0.4) is 0 Å². The van der Waals surface area contributed by atoms with Crippen LogP contribution in [0.1, 0.15) is 0 Å². The molecular weight excluding hydrogens is 160 g/mol. The largest absolute Gasteiger partial charge is 0.366 e. The molecule has 2 rings (SSSR count). The maximum atomic E-state index is 8.74. The van der Waals surface area contributed by atoms with Crippen LogP contribution in [0, 0.1) is 0 Å². The zero-order valence-electron chi connectivity index (χ0n) is 5.79. The number of nitrogens with one attached hydrogen (secondary N) is 2. The summed E-state index contributed by atoms with van der Waals surface area (Å²) in [5, 5.41) is 6.29. The Morgan fingerprint density at radius 1 is 1.27 bits per heavy atom. The predicted octanol–water partition coefficient (Wildman–Crippen LogP) is 2.05. The Kier molecular flexibility index (Phi) is 1.63. The third-order valence-corrected chi connectivity index (χ3v) is 2.12. The van der Waals surface area contributed by atoms with Gasteiger partial charge in [-0.1, -0.05) is 0 Å². The minimum Gasteiger partial charge on any atom is -0.366 e. The molecule has 3 nitrogen and oxygen atoms in total. The van der Waals surface area contributed by atoms with E-state index in [9.17, 15) is 0 Å². The summed E-state index contributed by atoms with van der Waals surface area (Å²) in [6, 6.07) is 5.75. The summed E-state index contributed by atoms with van der Waals surface area (Å²) >= 11 is 0.767. The number of rotatable bonds is 1. The Bertz CT molecular complexity index is 277. The standard InChI is InChI=1S/C7H8N2OS/c10-11-5-1-2-6-7(3-5)9-4-8-6/h1-3,8-10H,4H2. The average Bonchev–Trinajstić information content (AvgIpc) is 2.50. The Hall–Kier alpha value is -0.870. The van der Waals surface area contributed by atoms with Gasteiger partial charge in [-0.05, 0) is 18.2 Å². The molecule has 3 N–H and O–H groups in total. The van der Waals surface area contributed by atoms with E-state index in [1.54, 1.807) is 0 Å². The van der Waals surface area contributed by atoms with Gasteiger partial charge in [0.25, 0.3) is 0 Å². The summed E-state index contributed by atoms with van der Waals surface area (Å²) in [6.45, 7) is 0.773. The van der Waals surface area contributed by atoms with Gasteiger partial charge in [-0.25, -0.2) is 0 Å². The molecule has 11 heavy (non-hydrogen) atoms. The zero-order valence-corrected chi connectivity index (χ0v) is 6.61. The lowest BCUT2D eigenvalue weighted by molar-refractivity contribution is 0.664. The highest BCUT2D eigenvalue weighted by molar-refractivity contribution is 7.93. The van der Waals surface area contributed by atoms with E-state index in [0.29, 0.717) is 0 Å². The molecule has 0 spiro atoms. The second kappa shape index (κ2) is 2.64. The molecule has 1 aromatic rings. The molecular formula is C7H8N2OS. The molecule has 0 atom stereocenters. The van der Waals surface area contributed by atoms with Crippen molar-refractivity contribution in [1.82, 2.24) is 0 Å². The maximum Gasteiger partial charge on any atom is 0.0850 e. The summed E-state index contributed by atoms with van der Waals surface area (Å²) in [7, 11) is 0. The molecule has 1 aliphatic rings. The SMILES string of the molecule is OSc1ccc2c(c1)NCN2. The Balaban J connectivity index is 2.41. The molecule has 0 fully saturated rings. The quantitative estimate of drug-likeness (QED) is 0.561. The minimum absolute atomic E-state index is 0.767. The number of hydrogen-bond acceptors (Lipinski definition) is 4. The molecule has 0 aromatic heterocycles. The lowest BCUT2D eigenvalue weighted by Gasteiger charge is -1.99. The van der Waals surface area contributed by atoms with Crippen molar-refractivity contribution < 1.29 is 4.55 Å². The maximum absolute atomic E-state index is 8.74. The van der Waals surface area contributed by atoms with Gasteiger partial charge in [0.2, 0.25) is 0 Å². The molecule has 0 radical (unpaired) electrons. The van der Waals surface area contributed by atoms with E-state index in [-0.39, 0.29) is 0 Å². The van der Waals surface area contributed by atoms with Crippen LogP contribution in [-0.4, -0.2) is 11.2 Å². The Labute approximate surface area is 69.0 Å². The van der Waals surface area contributed by atoms with Crippen LogP contribution in [0.25, 0.3) is 0 Å². The third-order valence-electron chi connectivity index (χ3n) is 1.65. The zero-order chi connectivity index (χ0) is 7.68. The molecule has 0 amide bonds. The van der Waals surface area contributed by atoms with Crippen LogP contribution in [-0.2, 0) is 0 Å². The monoisotopic (exact) mass is 168 g/mol. The van der Waals surface area contributed by atoms with E-state index in [4.69, 9.17) is 4.55 Å². The Morgan fingerprint density at radius 3 is 2.91 bits per heavy atom. The molecule has 1 aliphatic heterocycles. The van der Waals surface area contributed by atoms with Crippen molar-refractivity contribution in [2.75, 3.05) is 17.3 Å². The fourth-order valence-corrected chi connectivity index (χ4v) is 1.41. The van der Waals surface area contributed by atoms with E-state index < -0.39 is 0 Å². The molecule has 1 heterocycles. The summed E-state index contributed by atoms with van der Waals surface area (Å²) in [5.41, 5.74) is 2.16. The first-order chi connectivity index (χ1) is 5.40. The van der Waals surface area contributed by atoms with Gasteiger partial charge in [0, 0.05) is 16.9 Å². The van der Waals surface area contributed by atoms with Crippen LogP contribution in [0.15, 0.2) is 23.1 Å². The fraction of sp³-hybridized carbons (Fsp3) is 0.143. The first-order valence-electron chi connectivity index (χ1n) is 3.33. The third kappa shape index (κ3) is 1.15. The molecule has 4 heteroatoms. The molecule has 0 unspecified atom stereocenters. The van der Waals surface area contributed by atoms with Gasteiger partial charge in [-0.3, -0.25) is 0 Å². The number of fused-ring (bicyclic) bond motifs is 1. The molecule has 1 aromatic carbocycles. The van der Waals surface area contributed by atoms with Crippen LogP contribution in [0.4, 0.5) is 11.4 Å². The highest BCUT2D eigenvalue weighted by Gasteiger charge is 2.08.